The van der Waals surface area contributed by atoms with Crippen LogP contribution < -0.4 is 5.69 Å². The molecule has 0 aliphatic carbocycles. The van der Waals surface area contributed by atoms with Crippen LogP contribution in [0.1, 0.15) is 62.1 Å². The number of rotatable bonds is 8. The van der Waals surface area contributed by atoms with Gasteiger partial charge in [-0.05, 0) is 85.8 Å². The van der Waals surface area contributed by atoms with E-state index >= 15 is 0 Å². The van der Waals surface area contributed by atoms with Crippen LogP contribution in [0.5, 0.6) is 0 Å². The summed E-state index contributed by atoms with van der Waals surface area (Å²) >= 11 is 6.16. The number of nitrogens with zero attached hydrogens (tertiary/aromatic N) is 3. The maximum Gasteiger partial charge on any atom is 0.329 e. The highest BCUT2D eigenvalue weighted by molar-refractivity contribution is 6.31. The Bertz CT molecular complexity index is 1460. The van der Waals surface area contributed by atoms with Crippen molar-refractivity contribution >= 4 is 28.6 Å². The average Bonchev–Trinajstić information content (AvgIpc) is 3.22. The van der Waals surface area contributed by atoms with E-state index in [9.17, 15) is 18.4 Å². The maximum atomic E-state index is 13.5. The minimum absolute atomic E-state index is 0.00662. The van der Waals surface area contributed by atoms with Gasteiger partial charge in [-0.1, -0.05) is 42.8 Å². The van der Waals surface area contributed by atoms with Gasteiger partial charge in [0.2, 0.25) is 0 Å². The fourth-order valence-corrected chi connectivity index (χ4v) is 5.69. The first-order chi connectivity index (χ1) is 19.7. The molecule has 9 heteroatoms. The third-order valence-corrected chi connectivity index (χ3v) is 8.02. The average molecular weight is 584 g/mol. The van der Waals surface area contributed by atoms with Crippen molar-refractivity contribution in [3.05, 3.63) is 105 Å². The SMILES string of the molecule is CCC(=O)O.Cn1c(=O)n(C2CCN(CCCC(c3ccc(F)cc3)c3ccc(F)cc3)CC2)c2ccc(Cl)cc21. The first kappa shape index (κ1) is 30.5. The molecule has 1 aliphatic rings. The molecule has 41 heavy (non-hydrogen) atoms. The largest absolute Gasteiger partial charge is 0.481 e. The number of aryl methyl sites for hydroxylation is 1. The van der Waals surface area contributed by atoms with Crippen LogP contribution in [-0.4, -0.2) is 44.7 Å². The smallest absolute Gasteiger partial charge is 0.329 e. The van der Waals surface area contributed by atoms with Crippen molar-refractivity contribution in [2.45, 2.75) is 51.0 Å². The van der Waals surface area contributed by atoms with Crippen molar-refractivity contribution in [3.63, 3.8) is 0 Å². The number of fused-ring (bicyclic) bond motifs is 1. The molecule has 218 valence electrons. The van der Waals surface area contributed by atoms with Gasteiger partial charge >= 0.3 is 11.7 Å². The Balaban J connectivity index is 0.000000714. The molecule has 4 aromatic rings. The Morgan fingerprint density at radius 3 is 2.00 bits per heavy atom. The van der Waals surface area contributed by atoms with E-state index < -0.39 is 5.97 Å². The molecule has 1 aromatic heterocycles. The van der Waals surface area contributed by atoms with Gasteiger partial charge in [-0.2, -0.15) is 0 Å². The second-order valence-corrected chi connectivity index (χ2v) is 10.9. The van der Waals surface area contributed by atoms with Gasteiger partial charge in [-0.25, -0.2) is 13.6 Å². The lowest BCUT2D eigenvalue weighted by Gasteiger charge is -2.33. The van der Waals surface area contributed by atoms with Crippen LogP contribution in [0.4, 0.5) is 8.78 Å². The molecule has 1 N–H and O–H groups in total. The summed E-state index contributed by atoms with van der Waals surface area (Å²) in [6.07, 6.45) is 3.92. The molecule has 1 saturated heterocycles. The summed E-state index contributed by atoms with van der Waals surface area (Å²) < 4.78 is 30.6. The zero-order valence-corrected chi connectivity index (χ0v) is 24.2. The summed E-state index contributed by atoms with van der Waals surface area (Å²) in [6, 6.07) is 19.0. The molecule has 1 fully saturated rings. The van der Waals surface area contributed by atoms with Crippen LogP contribution in [0, 0.1) is 11.6 Å². The van der Waals surface area contributed by atoms with Crippen molar-refractivity contribution in [2.24, 2.45) is 7.05 Å². The zero-order chi connectivity index (χ0) is 29.5. The molecule has 6 nitrogen and oxygen atoms in total. The Morgan fingerprint density at radius 1 is 0.951 bits per heavy atom. The van der Waals surface area contributed by atoms with Gasteiger partial charge in [-0.15, -0.1) is 0 Å². The molecule has 2 heterocycles. The van der Waals surface area contributed by atoms with Gasteiger partial charge in [0.05, 0.1) is 11.0 Å². The molecule has 5 rings (SSSR count). The lowest BCUT2D eigenvalue weighted by atomic mass is 9.87. The highest BCUT2D eigenvalue weighted by atomic mass is 35.5. The van der Waals surface area contributed by atoms with Gasteiger partial charge in [0.25, 0.3) is 0 Å². The molecule has 0 amide bonds. The molecular weight excluding hydrogens is 548 g/mol. The summed E-state index contributed by atoms with van der Waals surface area (Å²) in [4.78, 5) is 24.8. The van der Waals surface area contributed by atoms with E-state index in [1.165, 1.54) is 24.3 Å². The van der Waals surface area contributed by atoms with Gasteiger partial charge < -0.3 is 10.0 Å². The lowest BCUT2D eigenvalue weighted by Crippen LogP contribution is -2.38. The van der Waals surface area contributed by atoms with Gasteiger partial charge in [-0.3, -0.25) is 13.9 Å². The maximum absolute atomic E-state index is 13.5. The van der Waals surface area contributed by atoms with Crippen molar-refractivity contribution in [3.8, 4) is 0 Å². The van der Waals surface area contributed by atoms with E-state index in [4.69, 9.17) is 16.7 Å². The number of piperidine rings is 1. The number of hydrogen-bond acceptors (Lipinski definition) is 3. The normalized spacial score (nSPS) is 14.3. The second kappa shape index (κ2) is 13.9. The van der Waals surface area contributed by atoms with Crippen molar-refractivity contribution in [1.82, 2.24) is 14.0 Å². The minimum atomic E-state index is -0.745. The fraction of sp³-hybridized carbons (Fsp3) is 0.375. The first-order valence-electron chi connectivity index (χ1n) is 14.0. The third-order valence-electron chi connectivity index (χ3n) is 7.79. The van der Waals surface area contributed by atoms with Crippen LogP contribution >= 0.6 is 11.6 Å². The van der Waals surface area contributed by atoms with E-state index in [0.29, 0.717) is 5.02 Å². The second-order valence-electron chi connectivity index (χ2n) is 10.5. The molecule has 0 saturated carbocycles. The predicted octanol–water partition coefficient (Wildman–Crippen LogP) is 7.00. The quantitative estimate of drug-likeness (QED) is 0.242. The molecular formula is C32H36ClF2N3O3. The third kappa shape index (κ3) is 7.63. The highest BCUT2D eigenvalue weighted by Gasteiger charge is 2.25. The molecule has 1 aliphatic heterocycles. The summed E-state index contributed by atoms with van der Waals surface area (Å²) in [7, 11) is 1.80. The number of benzene rings is 3. The van der Waals surface area contributed by atoms with E-state index in [2.05, 4.69) is 4.90 Å². The van der Waals surface area contributed by atoms with E-state index in [1.54, 1.807) is 18.5 Å². The predicted molar refractivity (Wildman–Crippen MR) is 159 cm³/mol. The van der Waals surface area contributed by atoms with Gasteiger partial charge in [0, 0.05) is 43.5 Å². The standard InChI is InChI=1S/C29H30ClF2N3O.C3H6O2/c1-33-28-19-22(30)8-13-27(28)35(29(33)36)25-14-17-34(18-15-25)16-2-3-26(20-4-9-23(31)10-5-20)21-6-11-24(32)12-7-21;1-2-3(4)5/h4-13,19,25-26H,2-3,14-18H2,1H3;2H2,1H3,(H,4,5). The number of hydrogen-bond donors (Lipinski definition) is 1. The molecule has 0 unspecified atom stereocenters. The molecule has 0 radical (unpaired) electrons. The number of likely N-dealkylation sites (tertiary alicyclic amines) is 1. The lowest BCUT2D eigenvalue weighted by molar-refractivity contribution is -0.136. The number of aliphatic carboxylic acids is 1. The minimum Gasteiger partial charge on any atom is -0.481 e. The number of carbonyl (C=O) groups is 1. The molecule has 0 spiro atoms. The summed E-state index contributed by atoms with van der Waals surface area (Å²) in [6.45, 7) is 4.41. The van der Waals surface area contributed by atoms with Crippen LogP contribution in [0.2, 0.25) is 5.02 Å². The summed E-state index contributed by atoms with van der Waals surface area (Å²) in [5.74, 6) is -1.17. The van der Waals surface area contributed by atoms with E-state index in [1.807, 2.05) is 47.0 Å². The Hall–Kier alpha value is -3.49. The van der Waals surface area contributed by atoms with Crippen molar-refractivity contribution in [2.75, 3.05) is 19.6 Å². The van der Waals surface area contributed by atoms with Gasteiger partial charge in [0.15, 0.2) is 0 Å². The van der Waals surface area contributed by atoms with Crippen LogP contribution in [0.15, 0.2) is 71.5 Å². The Labute approximate surface area is 243 Å². The molecule has 3 aromatic carbocycles. The topological polar surface area (TPSA) is 67.5 Å². The van der Waals surface area contributed by atoms with Crippen molar-refractivity contribution < 1.29 is 18.7 Å². The number of carboxylic acids is 1. The Morgan fingerprint density at radius 2 is 1.49 bits per heavy atom. The zero-order valence-electron chi connectivity index (χ0n) is 23.4. The molecule has 0 atom stereocenters. The number of halogens is 3. The molecule has 0 bridgehead atoms. The number of carboxylic acid groups (broad SMARTS) is 1. The highest BCUT2D eigenvalue weighted by Crippen LogP contribution is 2.31. The summed E-state index contributed by atoms with van der Waals surface area (Å²) in [5, 5.41) is 8.35. The van der Waals surface area contributed by atoms with Crippen LogP contribution in [-0.2, 0) is 11.8 Å². The Kier molecular flexibility index (Phi) is 10.3. The fourth-order valence-electron chi connectivity index (χ4n) is 5.53. The monoisotopic (exact) mass is 583 g/mol. The summed E-state index contributed by atoms with van der Waals surface area (Å²) in [5.41, 5.74) is 3.89. The van der Waals surface area contributed by atoms with Gasteiger partial charge in [0.1, 0.15) is 11.6 Å². The number of imidazole rings is 1. The van der Waals surface area contributed by atoms with E-state index in [0.717, 1.165) is 67.5 Å². The van der Waals surface area contributed by atoms with Crippen LogP contribution in [0.3, 0.4) is 0 Å². The van der Waals surface area contributed by atoms with Crippen molar-refractivity contribution in [1.29, 1.82) is 0 Å². The van der Waals surface area contributed by atoms with E-state index in [-0.39, 0.29) is 35.7 Å². The number of aromatic nitrogens is 2. The first-order valence-corrected chi connectivity index (χ1v) is 14.4. The van der Waals surface area contributed by atoms with Crippen LogP contribution in [0.25, 0.3) is 11.0 Å².